The number of likely N-dealkylation sites (N-methyl/N-ethyl adjacent to an activating group) is 1. The van der Waals surface area contributed by atoms with Crippen LogP contribution in [-0.4, -0.2) is 55.7 Å². The summed E-state index contributed by atoms with van der Waals surface area (Å²) in [4.78, 5) is 4.72. The van der Waals surface area contributed by atoms with E-state index in [1.54, 1.807) is 7.11 Å². The number of hydrogen-bond acceptors (Lipinski definition) is 5. The molecule has 1 aliphatic heterocycles. The standard InChI is InChI=1S/C20H31N3O2/c1-6-22-9-10-23(13-16(22)4)18(12-21)17-7-8-19(20(11-17)24-5)25-14-15(2)3/h7-8,11,15-16,18H,6,9-10,13-14H2,1-5H3. The van der Waals surface area contributed by atoms with Gasteiger partial charge < -0.3 is 9.47 Å². The maximum atomic E-state index is 9.77. The van der Waals surface area contributed by atoms with Crippen LogP contribution in [0.2, 0.25) is 0 Å². The van der Waals surface area contributed by atoms with Gasteiger partial charge in [-0.3, -0.25) is 9.80 Å². The molecule has 1 fully saturated rings. The molecule has 2 rings (SSSR count). The van der Waals surface area contributed by atoms with Crippen LogP contribution in [0.15, 0.2) is 18.2 Å². The van der Waals surface area contributed by atoms with E-state index in [4.69, 9.17) is 9.47 Å². The summed E-state index contributed by atoms with van der Waals surface area (Å²) in [6.45, 7) is 13.2. The molecule has 0 bridgehead atoms. The van der Waals surface area contributed by atoms with Gasteiger partial charge in [0.05, 0.1) is 19.8 Å². The van der Waals surface area contributed by atoms with Gasteiger partial charge in [-0.25, -0.2) is 0 Å². The van der Waals surface area contributed by atoms with Crippen LogP contribution < -0.4 is 9.47 Å². The number of rotatable bonds is 7. The monoisotopic (exact) mass is 345 g/mol. The molecule has 1 aliphatic rings. The minimum atomic E-state index is -0.255. The Kier molecular flexibility index (Phi) is 7.10. The van der Waals surface area contributed by atoms with Crippen LogP contribution in [0.1, 0.15) is 39.3 Å². The second-order valence-electron chi connectivity index (χ2n) is 7.12. The van der Waals surface area contributed by atoms with Crippen molar-refractivity contribution in [3.63, 3.8) is 0 Å². The zero-order chi connectivity index (χ0) is 18.4. The van der Waals surface area contributed by atoms with Crippen molar-refractivity contribution in [2.24, 2.45) is 5.92 Å². The first-order chi connectivity index (χ1) is 12.0. The minimum absolute atomic E-state index is 0.255. The number of piperazine rings is 1. The molecule has 2 atom stereocenters. The first kappa shape index (κ1) is 19.6. The summed E-state index contributed by atoms with van der Waals surface area (Å²) in [7, 11) is 1.64. The summed E-state index contributed by atoms with van der Waals surface area (Å²) < 4.78 is 11.3. The highest BCUT2D eigenvalue weighted by Crippen LogP contribution is 2.33. The third-order valence-corrected chi connectivity index (χ3v) is 4.77. The Morgan fingerprint density at radius 2 is 2.04 bits per heavy atom. The van der Waals surface area contributed by atoms with Crippen molar-refractivity contribution in [1.29, 1.82) is 5.26 Å². The number of methoxy groups -OCH3 is 1. The molecule has 0 aliphatic carbocycles. The lowest BCUT2D eigenvalue weighted by molar-refractivity contribution is 0.0729. The van der Waals surface area contributed by atoms with E-state index in [0.717, 1.165) is 37.5 Å². The lowest BCUT2D eigenvalue weighted by Gasteiger charge is -2.41. The van der Waals surface area contributed by atoms with Gasteiger partial charge in [0.25, 0.3) is 0 Å². The first-order valence-corrected chi connectivity index (χ1v) is 9.18. The predicted octanol–water partition coefficient (Wildman–Crippen LogP) is 3.32. The maximum absolute atomic E-state index is 9.77. The average Bonchev–Trinajstić information content (AvgIpc) is 2.61. The number of nitriles is 1. The van der Waals surface area contributed by atoms with E-state index in [0.29, 0.717) is 24.3 Å². The van der Waals surface area contributed by atoms with Gasteiger partial charge in [0, 0.05) is 25.7 Å². The molecule has 25 heavy (non-hydrogen) atoms. The van der Waals surface area contributed by atoms with Crippen molar-refractivity contribution >= 4 is 0 Å². The SMILES string of the molecule is CCN1CCN(C(C#N)c2ccc(OCC(C)C)c(OC)c2)CC1C. The molecule has 5 nitrogen and oxygen atoms in total. The maximum Gasteiger partial charge on any atom is 0.161 e. The summed E-state index contributed by atoms with van der Waals surface area (Å²) in [5, 5.41) is 9.77. The van der Waals surface area contributed by atoms with Crippen molar-refractivity contribution in [1.82, 2.24) is 9.80 Å². The second kappa shape index (κ2) is 9.07. The Hall–Kier alpha value is -1.77. The molecular formula is C20H31N3O2. The van der Waals surface area contributed by atoms with Crippen molar-refractivity contribution in [2.45, 2.75) is 39.8 Å². The summed E-state index contributed by atoms with van der Waals surface area (Å²) in [6, 6.07) is 8.54. The Balaban J connectivity index is 2.16. The van der Waals surface area contributed by atoms with E-state index in [2.05, 4.69) is 43.6 Å². The van der Waals surface area contributed by atoms with Gasteiger partial charge >= 0.3 is 0 Å². The molecule has 1 aromatic carbocycles. The molecule has 0 saturated carbocycles. The van der Waals surface area contributed by atoms with Gasteiger partial charge in [-0.15, -0.1) is 0 Å². The van der Waals surface area contributed by atoms with Gasteiger partial charge in [-0.05, 0) is 37.1 Å². The van der Waals surface area contributed by atoms with Crippen LogP contribution in [0.3, 0.4) is 0 Å². The summed E-state index contributed by atoms with van der Waals surface area (Å²) in [5.74, 6) is 1.88. The van der Waals surface area contributed by atoms with E-state index < -0.39 is 0 Å². The number of nitrogens with zero attached hydrogens (tertiary/aromatic N) is 3. The predicted molar refractivity (Wildman–Crippen MR) is 100.0 cm³/mol. The van der Waals surface area contributed by atoms with Crippen LogP contribution in [0.4, 0.5) is 0 Å². The number of hydrogen-bond donors (Lipinski definition) is 0. The molecule has 1 saturated heterocycles. The van der Waals surface area contributed by atoms with Gasteiger partial charge in [-0.2, -0.15) is 5.26 Å². The molecule has 5 heteroatoms. The molecule has 2 unspecified atom stereocenters. The highest BCUT2D eigenvalue weighted by atomic mass is 16.5. The molecule has 0 aromatic heterocycles. The Morgan fingerprint density at radius 1 is 1.28 bits per heavy atom. The van der Waals surface area contributed by atoms with Crippen molar-refractivity contribution < 1.29 is 9.47 Å². The fourth-order valence-corrected chi connectivity index (χ4v) is 3.32. The summed E-state index contributed by atoms with van der Waals surface area (Å²) in [6.07, 6.45) is 0. The second-order valence-corrected chi connectivity index (χ2v) is 7.12. The molecule has 0 spiro atoms. The van der Waals surface area contributed by atoms with E-state index in [9.17, 15) is 5.26 Å². The van der Waals surface area contributed by atoms with Crippen LogP contribution >= 0.6 is 0 Å². The van der Waals surface area contributed by atoms with Crippen molar-refractivity contribution in [3.8, 4) is 17.6 Å². The van der Waals surface area contributed by atoms with Crippen molar-refractivity contribution in [2.75, 3.05) is 39.9 Å². The van der Waals surface area contributed by atoms with Gasteiger partial charge in [-0.1, -0.05) is 26.8 Å². The quantitative estimate of drug-likeness (QED) is 0.759. The molecule has 1 heterocycles. The van der Waals surface area contributed by atoms with Crippen LogP contribution in [0, 0.1) is 17.2 Å². The van der Waals surface area contributed by atoms with Crippen LogP contribution in [0.25, 0.3) is 0 Å². The summed E-state index contributed by atoms with van der Waals surface area (Å²) in [5.41, 5.74) is 0.966. The molecule has 0 amide bonds. The topological polar surface area (TPSA) is 48.7 Å². The third kappa shape index (κ3) is 4.87. The first-order valence-electron chi connectivity index (χ1n) is 9.18. The molecule has 1 aromatic rings. The smallest absolute Gasteiger partial charge is 0.161 e. The molecule has 138 valence electrons. The van der Waals surface area contributed by atoms with Gasteiger partial charge in [0.2, 0.25) is 0 Å². The van der Waals surface area contributed by atoms with Crippen LogP contribution in [0.5, 0.6) is 11.5 Å². The van der Waals surface area contributed by atoms with E-state index >= 15 is 0 Å². The van der Waals surface area contributed by atoms with Crippen LogP contribution in [-0.2, 0) is 0 Å². The number of benzene rings is 1. The highest BCUT2D eigenvalue weighted by molar-refractivity contribution is 5.45. The zero-order valence-electron chi connectivity index (χ0n) is 16.2. The third-order valence-electron chi connectivity index (χ3n) is 4.77. The Labute approximate surface area is 152 Å². The average molecular weight is 345 g/mol. The van der Waals surface area contributed by atoms with E-state index in [1.165, 1.54) is 0 Å². The molecule has 0 radical (unpaired) electrons. The minimum Gasteiger partial charge on any atom is -0.493 e. The van der Waals surface area contributed by atoms with Gasteiger partial charge in [0.1, 0.15) is 6.04 Å². The van der Waals surface area contributed by atoms with E-state index in [1.807, 2.05) is 18.2 Å². The fraction of sp³-hybridized carbons (Fsp3) is 0.650. The molecule has 0 N–H and O–H groups in total. The Bertz CT molecular complexity index is 597. The zero-order valence-corrected chi connectivity index (χ0v) is 16.2. The fourth-order valence-electron chi connectivity index (χ4n) is 3.32. The van der Waals surface area contributed by atoms with Crippen molar-refractivity contribution in [3.05, 3.63) is 23.8 Å². The van der Waals surface area contributed by atoms with Gasteiger partial charge in [0.15, 0.2) is 11.5 Å². The van der Waals surface area contributed by atoms with E-state index in [-0.39, 0.29) is 6.04 Å². The number of ether oxygens (including phenoxy) is 2. The summed E-state index contributed by atoms with van der Waals surface area (Å²) >= 11 is 0. The largest absolute Gasteiger partial charge is 0.493 e. The lowest BCUT2D eigenvalue weighted by atomic mass is 10.0. The normalized spacial score (nSPS) is 20.3. The molecular weight excluding hydrogens is 314 g/mol. The lowest BCUT2D eigenvalue weighted by Crippen LogP contribution is -2.52. The Morgan fingerprint density at radius 3 is 2.60 bits per heavy atom. The highest BCUT2D eigenvalue weighted by Gasteiger charge is 2.29.